The van der Waals surface area contributed by atoms with Gasteiger partial charge in [-0.15, -0.1) is 0 Å². The van der Waals surface area contributed by atoms with Crippen LogP contribution in [0.1, 0.15) is 37.7 Å². The summed E-state index contributed by atoms with van der Waals surface area (Å²) in [5.41, 5.74) is 2.41. The third-order valence-electron chi connectivity index (χ3n) is 3.93. The Hall–Kier alpha value is -1.77. The summed E-state index contributed by atoms with van der Waals surface area (Å²) >= 11 is 0. The molecule has 0 unspecified atom stereocenters. The minimum Gasteiger partial charge on any atom is -0.423 e. The molecule has 1 N–H and O–H groups in total. The molecule has 1 aromatic heterocycles. The van der Waals surface area contributed by atoms with Gasteiger partial charge in [-0.2, -0.15) is 0 Å². The molecule has 1 aliphatic rings. The lowest BCUT2D eigenvalue weighted by atomic mass is 9.95. The number of fused-ring (bicyclic) bond motifs is 1. The van der Waals surface area contributed by atoms with Crippen molar-refractivity contribution in [2.24, 2.45) is 0 Å². The predicted octanol–water partition coefficient (Wildman–Crippen LogP) is 3.85. The van der Waals surface area contributed by atoms with Gasteiger partial charge in [0.25, 0.3) is 0 Å². The van der Waals surface area contributed by atoms with E-state index in [1.807, 2.05) is 19.1 Å². The molecule has 100 valence electrons. The van der Waals surface area contributed by atoms with Gasteiger partial charge in [-0.25, -0.2) is 4.79 Å². The summed E-state index contributed by atoms with van der Waals surface area (Å²) in [6, 6.07) is 8.14. The van der Waals surface area contributed by atoms with Gasteiger partial charge in [0.05, 0.1) is 0 Å². The lowest BCUT2D eigenvalue weighted by Gasteiger charge is -2.23. The highest BCUT2D eigenvalue weighted by molar-refractivity contribution is 5.83. The quantitative estimate of drug-likeness (QED) is 0.831. The topological polar surface area (TPSA) is 42.2 Å². The average molecular weight is 257 g/mol. The van der Waals surface area contributed by atoms with Crippen LogP contribution in [0.3, 0.4) is 0 Å². The van der Waals surface area contributed by atoms with E-state index >= 15 is 0 Å². The predicted molar refractivity (Wildman–Crippen MR) is 77.7 cm³/mol. The number of nitrogens with one attached hydrogen (secondary N) is 1. The normalized spacial score (nSPS) is 16.7. The Labute approximate surface area is 112 Å². The van der Waals surface area contributed by atoms with Crippen LogP contribution < -0.4 is 10.9 Å². The first-order valence-electron chi connectivity index (χ1n) is 7.03. The number of rotatable bonds is 2. The maximum atomic E-state index is 11.4. The van der Waals surface area contributed by atoms with E-state index in [1.54, 1.807) is 0 Å². The van der Waals surface area contributed by atoms with E-state index < -0.39 is 0 Å². The minimum atomic E-state index is -0.278. The van der Waals surface area contributed by atoms with Gasteiger partial charge >= 0.3 is 5.63 Å². The van der Waals surface area contributed by atoms with E-state index in [-0.39, 0.29) is 5.63 Å². The van der Waals surface area contributed by atoms with Crippen molar-refractivity contribution in [3.8, 4) is 0 Å². The maximum absolute atomic E-state index is 11.4. The third kappa shape index (κ3) is 2.65. The molecule has 19 heavy (non-hydrogen) atoms. The number of benzene rings is 1. The molecule has 0 atom stereocenters. The highest BCUT2D eigenvalue weighted by atomic mass is 16.4. The summed E-state index contributed by atoms with van der Waals surface area (Å²) in [6.45, 7) is 1.94. The van der Waals surface area contributed by atoms with Crippen molar-refractivity contribution in [2.75, 3.05) is 5.32 Å². The first kappa shape index (κ1) is 12.3. The first-order chi connectivity index (χ1) is 9.22. The van der Waals surface area contributed by atoms with Crippen LogP contribution in [-0.2, 0) is 0 Å². The second-order valence-corrected chi connectivity index (χ2v) is 5.44. The fourth-order valence-corrected chi connectivity index (χ4v) is 2.90. The van der Waals surface area contributed by atoms with Crippen LogP contribution in [0.15, 0.2) is 33.5 Å². The molecule has 2 aromatic rings. The van der Waals surface area contributed by atoms with Gasteiger partial charge in [0.1, 0.15) is 5.58 Å². The largest absolute Gasteiger partial charge is 0.423 e. The van der Waals surface area contributed by atoms with Crippen molar-refractivity contribution in [1.82, 2.24) is 0 Å². The van der Waals surface area contributed by atoms with Crippen LogP contribution in [0.2, 0.25) is 0 Å². The monoisotopic (exact) mass is 257 g/mol. The molecule has 1 aromatic carbocycles. The smallest absolute Gasteiger partial charge is 0.336 e. The van der Waals surface area contributed by atoms with E-state index in [0.29, 0.717) is 11.6 Å². The van der Waals surface area contributed by atoms with Crippen molar-refractivity contribution < 1.29 is 4.42 Å². The highest BCUT2D eigenvalue weighted by Gasteiger charge is 2.13. The van der Waals surface area contributed by atoms with E-state index in [2.05, 4.69) is 11.4 Å². The summed E-state index contributed by atoms with van der Waals surface area (Å²) in [6.07, 6.45) is 6.43. The standard InChI is InChI=1S/C16H19NO2/c1-11-9-16(18)19-15-10-13(7-8-14(11)15)17-12-5-3-2-4-6-12/h7-10,12,17H,2-6H2,1H3. The van der Waals surface area contributed by atoms with Gasteiger partial charge < -0.3 is 9.73 Å². The molecule has 3 nitrogen and oxygen atoms in total. The highest BCUT2D eigenvalue weighted by Crippen LogP contribution is 2.25. The summed E-state index contributed by atoms with van der Waals surface area (Å²) in [5, 5.41) is 4.56. The Kier molecular flexibility index (Phi) is 3.28. The van der Waals surface area contributed by atoms with Crippen LogP contribution in [-0.4, -0.2) is 6.04 Å². The maximum Gasteiger partial charge on any atom is 0.336 e. The lowest BCUT2D eigenvalue weighted by molar-refractivity contribution is 0.462. The van der Waals surface area contributed by atoms with Crippen molar-refractivity contribution in [2.45, 2.75) is 45.1 Å². The average Bonchev–Trinajstić information content (AvgIpc) is 2.39. The van der Waals surface area contributed by atoms with Crippen molar-refractivity contribution in [3.63, 3.8) is 0 Å². The van der Waals surface area contributed by atoms with Crippen LogP contribution in [0.4, 0.5) is 5.69 Å². The van der Waals surface area contributed by atoms with E-state index in [4.69, 9.17) is 4.42 Å². The Balaban J connectivity index is 1.90. The Morgan fingerprint density at radius 2 is 1.95 bits per heavy atom. The minimum absolute atomic E-state index is 0.278. The Morgan fingerprint density at radius 3 is 2.74 bits per heavy atom. The second kappa shape index (κ2) is 5.08. The molecular formula is C16H19NO2. The summed E-state index contributed by atoms with van der Waals surface area (Å²) in [4.78, 5) is 11.4. The van der Waals surface area contributed by atoms with Gasteiger partial charge in [0, 0.05) is 29.2 Å². The Morgan fingerprint density at radius 1 is 1.16 bits per heavy atom. The van der Waals surface area contributed by atoms with Gasteiger partial charge in [-0.1, -0.05) is 19.3 Å². The fourth-order valence-electron chi connectivity index (χ4n) is 2.90. The first-order valence-corrected chi connectivity index (χ1v) is 7.03. The summed E-state index contributed by atoms with van der Waals surface area (Å²) in [7, 11) is 0. The second-order valence-electron chi connectivity index (χ2n) is 5.44. The molecular weight excluding hydrogens is 238 g/mol. The van der Waals surface area contributed by atoms with Crippen LogP contribution >= 0.6 is 0 Å². The molecule has 0 saturated heterocycles. The van der Waals surface area contributed by atoms with E-state index in [1.165, 1.54) is 38.2 Å². The molecule has 0 bridgehead atoms. The molecule has 3 rings (SSSR count). The lowest BCUT2D eigenvalue weighted by Crippen LogP contribution is -2.22. The van der Waals surface area contributed by atoms with Crippen molar-refractivity contribution in [1.29, 1.82) is 0 Å². The molecule has 1 heterocycles. The zero-order valence-electron chi connectivity index (χ0n) is 11.2. The van der Waals surface area contributed by atoms with Crippen LogP contribution in [0.5, 0.6) is 0 Å². The van der Waals surface area contributed by atoms with E-state index in [9.17, 15) is 4.79 Å². The fraction of sp³-hybridized carbons (Fsp3) is 0.438. The van der Waals surface area contributed by atoms with Crippen molar-refractivity contribution >= 4 is 16.7 Å². The molecule has 0 spiro atoms. The van der Waals surface area contributed by atoms with Gasteiger partial charge in [0.2, 0.25) is 0 Å². The molecule has 1 saturated carbocycles. The molecule has 1 aliphatic carbocycles. The number of anilines is 1. The van der Waals surface area contributed by atoms with Crippen LogP contribution in [0.25, 0.3) is 11.0 Å². The van der Waals surface area contributed by atoms with Gasteiger partial charge in [-0.05, 0) is 37.5 Å². The van der Waals surface area contributed by atoms with Gasteiger partial charge in [0.15, 0.2) is 0 Å². The SMILES string of the molecule is Cc1cc(=O)oc2cc(NC3CCCCC3)ccc12. The number of hydrogen-bond donors (Lipinski definition) is 1. The summed E-state index contributed by atoms with van der Waals surface area (Å²) < 4.78 is 5.28. The molecule has 0 aliphatic heterocycles. The zero-order chi connectivity index (χ0) is 13.2. The third-order valence-corrected chi connectivity index (χ3v) is 3.93. The number of aryl methyl sites for hydroxylation is 1. The molecule has 1 fully saturated rings. The Bertz CT molecular complexity index is 639. The van der Waals surface area contributed by atoms with Gasteiger partial charge in [-0.3, -0.25) is 0 Å². The molecule has 0 amide bonds. The van der Waals surface area contributed by atoms with E-state index in [0.717, 1.165) is 16.6 Å². The molecule has 0 radical (unpaired) electrons. The molecule has 3 heteroatoms. The zero-order valence-corrected chi connectivity index (χ0v) is 11.2. The van der Waals surface area contributed by atoms with Crippen molar-refractivity contribution in [3.05, 3.63) is 40.2 Å². The summed E-state index contributed by atoms with van der Waals surface area (Å²) in [5.74, 6) is 0. The number of hydrogen-bond acceptors (Lipinski definition) is 3. The van der Waals surface area contributed by atoms with Crippen LogP contribution in [0, 0.1) is 6.92 Å².